The van der Waals surface area contributed by atoms with Crippen molar-refractivity contribution in [2.75, 3.05) is 31.5 Å². The second kappa shape index (κ2) is 7.10. The van der Waals surface area contributed by atoms with Crippen molar-refractivity contribution in [2.24, 2.45) is 0 Å². The van der Waals surface area contributed by atoms with Crippen molar-refractivity contribution in [2.45, 2.75) is 32.5 Å². The molecule has 9 heteroatoms. The predicted octanol–water partition coefficient (Wildman–Crippen LogP) is 2.04. The monoisotopic (exact) mass is 335 g/mol. The summed E-state index contributed by atoms with van der Waals surface area (Å²) in [7, 11) is 0. The number of aromatic nitrogens is 2. The van der Waals surface area contributed by atoms with E-state index in [9.17, 15) is 10.1 Å². The molecule has 130 valence electrons. The van der Waals surface area contributed by atoms with Crippen LogP contribution in [-0.4, -0.2) is 58.5 Å². The third kappa shape index (κ3) is 3.62. The third-order valence-corrected chi connectivity index (χ3v) is 4.05. The molecule has 2 unspecified atom stereocenters. The first-order chi connectivity index (χ1) is 11.5. The molecule has 0 bridgehead atoms. The molecule has 24 heavy (non-hydrogen) atoms. The van der Waals surface area contributed by atoms with Crippen LogP contribution in [-0.2, 0) is 4.74 Å². The highest BCUT2D eigenvalue weighted by Crippen LogP contribution is 2.28. The van der Waals surface area contributed by atoms with E-state index in [0.717, 1.165) is 32.6 Å². The van der Waals surface area contributed by atoms with E-state index >= 15 is 0 Å². The van der Waals surface area contributed by atoms with Gasteiger partial charge in [0.15, 0.2) is 5.52 Å². The number of fused-ring (bicyclic) bond motifs is 1. The number of benzene rings is 1. The van der Waals surface area contributed by atoms with Gasteiger partial charge < -0.3 is 10.1 Å². The fourth-order valence-corrected chi connectivity index (χ4v) is 3.14. The van der Waals surface area contributed by atoms with Crippen molar-refractivity contribution in [3.8, 4) is 0 Å². The summed E-state index contributed by atoms with van der Waals surface area (Å²) in [4.78, 5) is 12.9. The Balaban J connectivity index is 1.56. The fourth-order valence-electron chi connectivity index (χ4n) is 3.14. The number of nitrogens with one attached hydrogen (secondary N) is 1. The molecule has 1 aliphatic heterocycles. The van der Waals surface area contributed by atoms with Crippen LogP contribution in [0, 0.1) is 10.1 Å². The second-order valence-corrected chi connectivity index (χ2v) is 6.15. The number of nitrogens with zero attached hydrogens (tertiary/aromatic N) is 4. The van der Waals surface area contributed by atoms with E-state index in [2.05, 4.69) is 39.0 Å². The Morgan fingerprint density at radius 2 is 2.00 bits per heavy atom. The van der Waals surface area contributed by atoms with Gasteiger partial charge in [0.2, 0.25) is 5.52 Å². The van der Waals surface area contributed by atoms with Gasteiger partial charge >= 0.3 is 5.69 Å². The molecule has 1 fully saturated rings. The summed E-state index contributed by atoms with van der Waals surface area (Å²) in [5.41, 5.74) is 1.15. The maximum atomic E-state index is 11.0. The number of non-ortho nitro benzene ring substituents is 1. The van der Waals surface area contributed by atoms with Crippen molar-refractivity contribution in [3.05, 3.63) is 22.2 Å². The summed E-state index contributed by atoms with van der Waals surface area (Å²) in [6.45, 7) is 7.77. The van der Waals surface area contributed by atoms with E-state index in [-0.39, 0.29) is 23.4 Å². The number of nitro benzene ring substituents is 1. The quantitative estimate of drug-likeness (QED) is 0.485. The molecule has 1 N–H and O–H groups in total. The van der Waals surface area contributed by atoms with E-state index in [1.54, 1.807) is 6.07 Å². The lowest BCUT2D eigenvalue weighted by Gasteiger charge is -2.35. The van der Waals surface area contributed by atoms with Crippen LogP contribution in [0.3, 0.4) is 0 Å². The molecule has 0 saturated carbocycles. The summed E-state index contributed by atoms with van der Waals surface area (Å²) >= 11 is 0. The second-order valence-electron chi connectivity index (χ2n) is 6.15. The Kier molecular flexibility index (Phi) is 4.91. The molecular weight excluding hydrogens is 314 g/mol. The van der Waals surface area contributed by atoms with Crippen molar-refractivity contribution < 1.29 is 14.3 Å². The van der Waals surface area contributed by atoms with Gasteiger partial charge in [0.05, 0.1) is 22.8 Å². The first-order valence-electron chi connectivity index (χ1n) is 8.06. The number of hydrogen-bond acceptors (Lipinski definition) is 8. The first kappa shape index (κ1) is 16.6. The predicted molar refractivity (Wildman–Crippen MR) is 88.0 cm³/mol. The minimum absolute atomic E-state index is 0.104. The van der Waals surface area contributed by atoms with Crippen LogP contribution in [0.15, 0.2) is 16.8 Å². The molecule has 2 aromatic rings. The van der Waals surface area contributed by atoms with E-state index in [1.807, 2.05) is 0 Å². The van der Waals surface area contributed by atoms with Gasteiger partial charge in [0.25, 0.3) is 0 Å². The van der Waals surface area contributed by atoms with Gasteiger partial charge in [-0.1, -0.05) is 0 Å². The number of hydrogen-bond donors (Lipinski definition) is 1. The largest absolute Gasteiger partial charge is 0.383 e. The summed E-state index contributed by atoms with van der Waals surface area (Å²) in [6, 6.07) is 3.06. The Morgan fingerprint density at radius 1 is 1.29 bits per heavy atom. The molecule has 0 amide bonds. The first-order valence-corrected chi connectivity index (χ1v) is 8.06. The molecule has 3 rings (SSSR count). The van der Waals surface area contributed by atoms with Crippen LogP contribution in [0.2, 0.25) is 0 Å². The van der Waals surface area contributed by atoms with Gasteiger partial charge in [0, 0.05) is 32.2 Å². The van der Waals surface area contributed by atoms with Gasteiger partial charge in [-0.25, -0.2) is 4.63 Å². The van der Waals surface area contributed by atoms with Crippen molar-refractivity contribution in [1.82, 2.24) is 15.2 Å². The zero-order chi connectivity index (χ0) is 17.1. The van der Waals surface area contributed by atoms with Crippen LogP contribution in [0.5, 0.6) is 0 Å². The average molecular weight is 335 g/mol. The summed E-state index contributed by atoms with van der Waals surface area (Å²) in [6.07, 6.45) is 1.47. The van der Waals surface area contributed by atoms with Crippen molar-refractivity contribution in [3.63, 3.8) is 0 Å². The fraction of sp³-hybridized carbons (Fsp3) is 0.600. The maximum Gasteiger partial charge on any atom is 0.300 e. The highest BCUT2D eigenvalue weighted by atomic mass is 16.6. The Bertz CT molecular complexity index is 709. The lowest BCUT2D eigenvalue weighted by molar-refractivity contribution is -0.383. The molecule has 9 nitrogen and oxygen atoms in total. The normalized spacial score (nSPS) is 21.9. The van der Waals surface area contributed by atoms with Crippen LogP contribution < -0.4 is 5.32 Å². The van der Waals surface area contributed by atoms with Crippen molar-refractivity contribution >= 4 is 22.4 Å². The van der Waals surface area contributed by atoms with E-state index < -0.39 is 4.92 Å². The molecule has 1 aromatic carbocycles. The van der Waals surface area contributed by atoms with Crippen LogP contribution >= 0.6 is 0 Å². The summed E-state index contributed by atoms with van der Waals surface area (Å²) in [5.74, 6) is 0. The number of nitro groups is 1. The molecular formula is C15H21N5O4. The van der Waals surface area contributed by atoms with Gasteiger partial charge in [-0.2, -0.15) is 0 Å². The molecule has 0 spiro atoms. The number of ether oxygens (including phenoxy) is 1. The van der Waals surface area contributed by atoms with Gasteiger partial charge in [-0.3, -0.25) is 15.0 Å². The number of rotatable bonds is 6. The molecule has 1 aromatic heterocycles. The molecule has 2 atom stereocenters. The number of anilines is 1. The highest BCUT2D eigenvalue weighted by molar-refractivity contribution is 5.93. The van der Waals surface area contributed by atoms with Gasteiger partial charge in [0.1, 0.15) is 0 Å². The Morgan fingerprint density at radius 3 is 2.71 bits per heavy atom. The number of morpholine rings is 1. The highest BCUT2D eigenvalue weighted by Gasteiger charge is 2.22. The Hall–Kier alpha value is -2.26. The average Bonchev–Trinajstić information content (AvgIpc) is 3.00. The van der Waals surface area contributed by atoms with Crippen LogP contribution in [0.4, 0.5) is 11.4 Å². The van der Waals surface area contributed by atoms with E-state index in [4.69, 9.17) is 4.74 Å². The molecule has 0 radical (unpaired) electrons. The zero-order valence-electron chi connectivity index (χ0n) is 13.8. The topological polar surface area (TPSA) is 107 Å². The minimum atomic E-state index is -0.489. The third-order valence-electron chi connectivity index (χ3n) is 4.05. The van der Waals surface area contributed by atoms with Gasteiger partial charge in [-0.15, -0.1) is 0 Å². The van der Waals surface area contributed by atoms with E-state index in [1.165, 1.54) is 6.07 Å². The SMILES string of the molecule is CC1CN(CCCNc2ccc([N+](=O)[O-])c3nonc23)CC(C)O1. The minimum Gasteiger partial charge on any atom is -0.383 e. The smallest absolute Gasteiger partial charge is 0.300 e. The lowest BCUT2D eigenvalue weighted by Crippen LogP contribution is -2.45. The molecule has 0 aliphatic carbocycles. The lowest BCUT2D eigenvalue weighted by atomic mass is 10.2. The molecule has 1 saturated heterocycles. The maximum absolute atomic E-state index is 11.0. The zero-order valence-corrected chi connectivity index (χ0v) is 13.8. The Labute approximate surface area is 139 Å². The van der Waals surface area contributed by atoms with Gasteiger partial charge in [-0.05, 0) is 36.6 Å². The van der Waals surface area contributed by atoms with Crippen LogP contribution in [0.25, 0.3) is 11.0 Å². The summed E-state index contributed by atoms with van der Waals surface area (Å²) < 4.78 is 10.4. The van der Waals surface area contributed by atoms with Crippen LogP contribution in [0.1, 0.15) is 20.3 Å². The van der Waals surface area contributed by atoms with Crippen molar-refractivity contribution in [1.29, 1.82) is 0 Å². The molecule has 1 aliphatic rings. The molecule has 2 heterocycles. The summed E-state index contributed by atoms with van der Waals surface area (Å²) in [5, 5.41) is 21.6. The van der Waals surface area contributed by atoms with E-state index in [0.29, 0.717) is 11.2 Å². The standard InChI is InChI=1S/C15H21N5O4/c1-10-8-19(9-11(2)23-10)7-3-6-16-12-4-5-13(20(21)22)15-14(12)17-24-18-15/h4-5,10-11,16H,3,6-9H2,1-2H3.